The van der Waals surface area contributed by atoms with Crippen LogP contribution >= 0.6 is 24.0 Å². The summed E-state index contributed by atoms with van der Waals surface area (Å²) in [4.78, 5) is 8.18. The molecule has 0 radical (unpaired) electrons. The molecule has 0 aliphatic carbocycles. The Balaban J connectivity index is 0.00000529. The second kappa shape index (κ2) is 12.1. The molecule has 0 amide bonds. The van der Waals surface area contributed by atoms with Crippen molar-refractivity contribution >= 4 is 29.9 Å². The molecule has 0 aliphatic heterocycles. The van der Waals surface area contributed by atoms with Crippen LogP contribution in [-0.2, 0) is 11.3 Å². The molecule has 2 N–H and O–H groups in total. The highest BCUT2D eigenvalue weighted by atomic mass is 127. The van der Waals surface area contributed by atoms with Gasteiger partial charge < -0.3 is 20.1 Å². The van der Waals surface area contributed by atoms with Gasteiger partial charge >= 0.3 is 6.18 Å². The first kappa shape index (κ1) is 22.7. The van der Waals surface area contributed by atoms with E-state index in [1.54, 1.807) is 13.2 Å². The summed E-state index contributed by atoms with van der Waals surface area (Å²) in [6.45, 7) is 2.81. The topological polar surface area (TPSA) is 67.8 Å². The lowest BCUT2D eigenvalue weighted by atomic mass is 10.3. The van der Waals surface area contributed by atoms with E-state index >= 15 is 0 Å². The first-order valence-corrected chi connectivity index (χ1v) is 7.10. The lowest BCUT2D eigenvalue weighted by Crippen LogP contribution is -2.38. The molecule has 138 valence electrons. The van der Waals surface area contributed by atoms with Crippen LogP contribution in [0, 0.1) is 0 Å². The molecule has 0 fully saturated rings. The van der Waals surface area contributed by atoms with Gasteiger partial charge in [-0.1, -0.05) is 6.07 Å². The predicted molar refractivity (Wildman–Crippen MR) is 95.9 cm³/mol. The van der Waals surface area contributed by atoms with Crippen molar-refractivity contribution in [1.29, 1.82) is 0 Å². The van der Waals surface area contributed by atoms with E-state index in [9.17, 15) is 13.2 Å². The number of nitrogens with one attached hydrogen (secondary N) is 2. The minimum atomic E-state index is -4.38. The van der Waals surface area contributed by atoms with Gasteiger partial charge in [0.05, 0.1) is 13.2 Å². The van der Waals surface area contributed by atoms with Gasteiger partial charge in [0.15, 0.2) is 12.6 Å². The number of pyridine rings is 1. The summed E-state index contributed by atoms with van der Waals surface area (Å²) < 4.78 is 45.6. The lowest BCUT2D eigenvalue weighted by molar-refractivity contribution is -0.154. The molecule has 1 aromatic heterocycles. The zero-order chi connectivity index (χ0) is 17.1. The molecule has 1 rings (SSSR count). The highest BCUT2D eigenvalue weighted by Gasteiger charge is 2.28. The molecule has 0 saturated carbocycles. The van der Waals surface area contributed by atoms with Crippen LogP contribution in [0.3, 0.4) is 0 Å². The van der Waals surface area contributed by atoms with Crippen molar-refractivity contribution in [2.45, 2.75) is 19.6 Å². The Hall–Kier alpha value is -1.30. The van der Waals surface area contributed by atoms with Crippen molar-refractivity contribution in [3.63, 3.8) is 0 Å². The van der Waals surface area contributed by atoms with E-state index in [4.69, 9.17) is 4.74 Å². The van der Waals surface area contributed by atoms with Crippen molar-refractivity contribution in [3.05, 3.63) is 23.9 Å². The fourth-order valence-electron chi connectivity index (χ4n) is 1.53. The van der Waals surface area contributed by atoms with Crippen molar-refractivity contribution in [2.24, 2.45) is 4.99 Å². The van der Waals surface area contributed by atoms with Crippen LogP contribution in [0.5, 0.6) is 5.88 Å². The Morgan fingerprint density at radius 2 is 2.04 bits per heavy atom. The molecule has 0 unspecified atom stereocenters. The number of halogens is 4. The molecule has 1 aromatic rings. The highest BCUT2D eigenvalue weighted by molar-refractivity contribution is 14.0. The number of methoxy groups -OCH3 is 1. The molecular formula is C14H22F3IN4O2. The van der Waals surface area contributed by atoms with E-state index in [0.717, 1.165) is 5.56 Å². The van der Waals surface area contributed by atoms with Crippen molar-refractivity contribution in [1.82, 2.24) is 15.6 Å². The minimum Gasteiger partial charge on any atom is -0.468 e. The molecule has 0 atom stereocenters. The van der Waals surface area contributed by atoms with E-state index in [-0.39, 0.29) is 29.9 Å². The molecule has 1 heterocycles. The summed E-state index contributed by atoms with van der Waals surface area (Å²) >= 11 is 0. The molecule has 24 heavy (non-hydrogen) atoms. The second-order valence-electron chi connectivity index (χ2n) is 4.52. The summed E-state index contributed by atoms with van der Waals surface area (Å²) in [6, 6.07) is 3.02. The molecule has 6 nitrogen and oxygen atoms in total. The maximum absolute atomic E-state index is 12.0. The van der Waals surface area contributed by atoms with Gasteiger partial charge in [-0.05, 0) is 12.5 Å². The Kier molecular flexibility index (Phi) is 11.5. The Labute approximate surface area is 156 Å². The average molecular weight is 462 g/mol. The highest BCUT2D eigenvalue weighted by Crippen LogP contribution is 2.17. The van der Waals surface area contributed by atoms with Crippen LogP contribution in [0.25, 0.3) is 0 Å². The number of hydrogen-bond donors (Lipinski definition) is 2. The van der Waals surface area contributed by atoms with Gasteiger partial charge in [0.2, 0.25) is 5.88 Å². The predicted octanol–water partition coefficient (Wildman–Crippen LogP) is 2.34. The zero-order valence-corrected chi connectivity index (χ0v) is 15.9. The zero-order valence-electron chi connectivity index (χ0n) is 13.5. The van der Waals surface area contributed by atoms with Crippen LogP contribution in [0.15, 0.2) is 23.3 Å². The van der Waals surface area contributed by atoms with Gasteiger partial charge in [0.1, 0.15) is 0 Å². The average Bonchev–Trinajstić information content (AvgIpc) is 2.51. The first-order chi connectivity index (χ1) is 10.9. The number of ether oxygens (including phenoxy) is 2. The quantitative estimate of drug-likeness (QED) is 0.269. The van der Waals surface area contributed by atoms with Gasteiger partial charge in [-0.3, -0.25) is 0 Å². The molecule has 0 aliphatic rings. The third kappa shape index (κ3) is 10.5. The van der Waals surface area contributed by atoms with Crippen LogP contribution in [-0.4, -0.2) is 50.5 Å². The summed E-state index contributed by atoms with van der Waals surface area (Å²) in [5.74, 6) is 0.558. The van der Waals surface area contributed by atoms with Crippen molar-refractivity contribution in [2.75, 3.05) is 33.4 Å². The van der Waals surface area contributed by atoms with Gasteiger partial charge in [-0.15, -0.1) is 24.0 Å². The van der Waals surface area contributed by atoms with E-state index in [0.29, 0.717) is 32.2 Å². The number of guanidine groups is 1. The van der Waals surface area contributed by atoms with Gasteiger partial charge in [-0.2, -0.15) is 13.2 Å². The lowest BCUT2D eigenvalue weighted by Gasteiger charge is -2.11. The van der Waals surface area contributed by atoms with Crippen LogP contribution in [0.2, 0.25) is 0 Å². The van der Waals surface area contributed by atoms with Gasteiger partial charge in [0, 0.05) is 32.5 Å². The number of alkyl halides is 3. The normalized spacial score (nSPS) is 11.6. The van der Waals surface area contributed by atoms with E-state index in [2.05, 4.69) is 25.3 Å². The Morgan fingerprint density at radius 1 is 1.29 bits per heavy atom. The molecule has 10 heteroatoms. The van der Waals surface area contributed by atoms with E-state index < -0.39 is 12.8 Å². The molecular weight excluding hydrogens is 440 g/mol. The van der Waals surface area contributed by atoms with Gasteiger partial charge in [-0.25, -0.2) is 9.98 Å². The van der Waals surface area contributed by atoms with Crippen molar-refractivity contribution in [3.8, 4) is 5.88 Å². The molecule has 0 aromatic carbocycles. The summed E-state index contributed by atoms with van der Waals surface area (Å²) in [5, 5.41) is 6.16. The fourth-order valence-corrected chi connectivity index (χ4v) is 1.53. The minimum absolute atomic E-state index is 0. The summed E-state index contributed by atoms with van der Waals surface area (Å²) in [5.41, 5.74) is 0.758. The standard InChI is InChI=1S/C14H21F3N4O2.HI/c1-3-18-13(19-6-7-22-2)21-9-11-4-5-12(20-8-11)23-10-14(15,16)17;/h4-5,8H,3,6-7,9-10H2,1-2H3,(H2,18,19,21);1H. The number of hydrogen-bond acceptors (Lipinski definition) is 4. The molecule has 0 spiro atoms. The maximum Gasteiger partial charge on any atom is 0.422 e. The number of nitrogens with zero attached hydrogens (tertiary/aromatic N) is 2. The Morgan fingerprint density at radius 3 is 2.58 bits per heavy atom. The SMILES string of the molecule is CCNC(=NCc1ccc(OCC(F)(F)F)nc1)NCCOC.I. The fraction of sp³-hybridized carbons (Fsp3) is 0.571. The van der Waals surface area contributed by atoms with Crippen LogP contribution in [0.4, 0.5) is 13.2 Å². The largest absolute Gasteiger partial charge is 0.468 e. The number of aliphatic imine (C=N–C) groups is 1. The number of aromatic nitrogens is 1. The van der Waals surface area contributed by atoms with Crippen molar-refractivity contribution < 1.29 is 22.6 Å². The maximum atomic E-state index is 12.0. The smallest absolute Gasteiger partial charge is 0.422 e. The summed E-state index contributed by atoms with van der Waals surface area (Å²) in [6.07, 6.45) is -2.94. The molecule has 0 saturated heterocycles. The number of rotatable bonds is 8. The van der Waals surface area contributed by atoms with Crippen LogP contribution in [0.1, 0.15) is 12.5 Å². The Bertz CT molecular complexity index is 484. The second-order valence-corrected chi connectivity index (χ2v) is 4.52. The van der Waals surface area contributed by atoms with Gasteiger partial charge in [0.25, 0.3) is 0 Å². The first-order valence-electron chi connectivity index (χ1n) is 7.10. The van der Waals surface area contributed by atoms with Crippen LogP contribution < -0.4 is 15.4 Å². The third-order valence-corrected chi connectivity index (χ3v) is 2.54. The molecule has 0 bridgehead atoms. The monoisotopic (exact) mass is 462 g/mol. The summed E-state index contributed by atoms with van der Waals surface area (Å²) in [7, 11) is 1.61. The van der Waals surface area contributed by atoms with E-state index in [1.165, 1.54) is 12.3 Å². The third-order valence-electron chi connectivity index (χ3n) is 2.54. The van der Waals surface area contributed by atoms with E-state index in [1.807, 2.05) is 6.92 Å².